The molecule has 0 bridgehead atoms. The Balaban J connectivity index is 1.42. The monoisotopic (exact) mass is 438 g/mol. The molecule has 2 aliphatic rings. The minimum absolute atomic E-state index is 0.0347. The molecule has 1 aromatic carbocycles. The first kappa shape index (κ1) is 20.4. The number of fused-ring (bicyclic) bond motifs is 1. The van der Waals surface area contributed by atoms with Crippen molar-refractivity contribution < 1.29 is 23.0 Å². The van der Waals surface area contributed by atoms with Crippen LogP contribution in [0, 0.1) is 13.8 Å². The van der Waals surface area contributed by atoms with Gasteiger partial charge in [-0.2, -0.15) is 0 Å². The van der Waals surface area contributed by atoms with Gasteiger partial charge in [0.2, 0.25) is 5.56 Å². The lowest BCUT2D eigenvalue weighted by atomic mass is 9.88. The van der Waals surface area contributed by atoms with Crippen molar-refractivity contribution in [1.29, 1.82) is 0 Å². The average molecular weight is 438 g/mol. The molecule has 1 N–H and O–H groups in total. The van der Waals surface area contributed by atoms with Crippen LogP contribution in [0.4, 0.5) is 8.78 Å². The lowest BCUT2D eigenvalue weighted by molar-refractivity contribution is -0.286. The highest BCUT2D eigenvalue weighted by Gasteiger charge is 2.52. The molecule has 0 unspecified atom stereocenters. The molecule has 0 amide bonds. The van der Waals surface area contributed by atoms with Crippen molar-refractivity contribution in [2.75, 3.05) is 0 Å². The van der Waals surface area contributed by atoms with E-state index >= 15 is 0 Å². The number of aryl methyl sites for hydroxylation is 2. The van der Waals surface area contributed by atoms with Gasteiger partial charge in [0.15, 0.2) is 11.5 Å². The van der Waals surface area contributed by atoms with Crippen molar-refractivity contribution in [2.24, 2.45) is 0 Å². The number of nitrogens with zero attached hydrogens (tertiary/aromatic N) is 1. The number of ketones is 1. The van der Waals surface area contributed by atoms with Crippen molar-refractivity contribution in [3.63, 3.8) is 0 Å². The standard InChI is InChI=1S/C24H20F2N2O4/c1-13-3-5-17(28-22(13)15-9-14(2)27-21(30)10-15)12-20(29)23(7-8-23)16-4-6-18-19(11-16)32-24(25,26)31-18/h3-6,9-11H,7-8,12H2,1-2H3,(H,27,30). The highest BCUT2D eigenvalue weighted by molar-refractivity contribution is 5.94. The fraction of sp³-hybridized carbons (Fsp3) is 0.292. The molecule has 2 aromatic heterocycles. The number of carbonyl (C=O) groups excluding carboxylic acids is 1. The van der Waals surface area contributed by atoms with Crippen molar-refractivity contribution in [3.8, 4) is 22.8 Å². The van der Waals surface area contributed by atoms with Crippen LogP contribution >= 0.6 is 0 Å². The van der Waals surface area contributed by atoms with E-state index in [1.54, 1.807) is 19.1 Å². The summed E-state index contributed by atoms with van der Waals surface area (Å²) in [5.41, 5.74) is 3.24. The van der Waals surface area contributed by atoms with Gasteiger partial charge in [0, 0.05) is 29.4 Å². The van der Waals surface area contributed by atoms with Crippen molar-refractivity contribution in [1.82, 2.24) is 9.97 Å². The van der Waals surface area contributed by atoms with Gasteiger partial charge in [0.05, 0.1) is 11.1 Å². The van der Waals surface area contributed by atoms with Gasteiger partial charge < -0.3 is 14.5 Å². The quantitative estimate of drug-likeness (QED) is 0.645. The number of alkyl halides is 2. The molecule has 1 aliphatic carbocycles. The lowest BCUT2D eigenvalue weighted by Gasteiger charge is -2.15. The molecule has 0 spiro atoms. The van der Waals surface area contributed by atoms with Crippen LogP contribution in [0.25, 0.3) is 11.3 Å². The van der Waals surface area contributed by atoms with Crippen LogP contribution in [0.1, 0.15) is 35.4 Å². The van der Waals surface area contributed by atoms with Gasteiger partial charge in [-0.1, -0.05) is 12.1 Å². The summed E-state index contributed by atoms with van der Waals surface area (Å²) < 4.78 is 35.7. The van der Waals surface area contributed by atoms with E-state index in [0.717, 1.165) is 11.3 Å². The van der Waals surface area contributed by atoms with Crippen LogP contribution in [-0.4, -0.2) is 22.0 Å². The highest BCUT2D eigenvalue weighted by atomic mass is 19.3. The van der Waals surface area contributed by atoms with Gasteiger partial charge >= 0.3 is 6.29 Å². The van der Waals surface area contributed by atoms with Crippen molar-refractivity contribution >= 4 is 5.78 Å². The van der Waals surface area contributed by atoms with Gasteiger partial charge in [-0.3, -0.25) is 14.6 Å². The van der Waals surface area contributed by atoms with Crippen LogP contribution in [0.3, 0.4) is 0 Å². The van der Waals surface area contributed by atoms with Gasteiger partial charge in [-0.25, -0.2) is 0 Å². The Morgan fingerprint density at radius 2 is 1.81 bits per heavy atom. The first-order valence-electron chi connectivity index (χ1n) is 10.3. The lowest BCUT2D eigenvalue weighted by Crippen LogP contribution is -2.26. The number of halogens is 2. The molecule has 3 aromatic rings. The maximum atomic E-state index is 13.3. The van der Waals surface area contributed by atoms with E-state index in [-0.39, 0.29) is 29.3 Å². The van der Waals surface area contributed by atoms with Crippen molar-refractivity contribution in [3.05, 3.63) is 75.3 Å². The van der Waals surface area contributed by atoms with Crippen molar-refractivity contribution in [2.45, 2.75) is 44.8 Å². The smallest absolute Gasteiger partial charge is 0.395 e. The van der Waals surface area contributed by atoms with E-state index in [2.05, 4.69) is 19.4 Å². The Labute approximate surface area is 182 Å². The first-order valence-corrected chi connectivity index (χ1v) is 10.3. The number of carbonyl (C=O) groups is 1. The Bertz CT molecular complexity index is 1310. The van der Waals surface area contributed by atoms with Gasteiger partial charge in [-0.15, -0.1) is 8.78 Å². The number of ether oxygens (including phenoxy) is 2. The number of aromatic amines is 1. The maximum absolute atomic E-state index is 13.3. The summed E-state index contributed by atoms with van der Waals surface area (Å²) in [5, 5.41) is 0. The first-order chi connectivity index (χ1) is 15.1. The largest absolute Gasteiger partial charge is 0.586 e. The van der Waals surface area contributed by atoms with Crippen LogP contribution in [0.15, 0.2) is 47.3 Å². The van der Waals surface area contributed by atoms with E-state index in [0.29, 0.717) is 35.4 Å². The summed E-state index contributed by atoms with van der Waals surface area (Å²) in [4.78, 5) is 32.5. The molecule has 8 heteroatoms. The summed E-state index contributed by atoms with van der Waals surface area (Å²) >= 11 is 0. The third-order valence-electron chi connectivity index (χ3n) is 5.99. The minimum atomic E-state index is -3.69. The van der Waals surface area contributed by atoms with Gasteiger partial charge in [0.1, 0.15) is 5.78 Å². The molecular formula is C24H20F2N2O4. The Morgan fingerprint density at radius 1 is 1.06 bits per heavy atom. The molecule has 0 radical (unpaired) electrons. The van der Waals surface area contributed by atoms with Crippen LogP contribution in [-0.2, 0) is 16.6 Å². The second-order valence-electron chi connectivity index (χ2n) is 8.40. The van der Waals surface area contributed by atoms with Crippen LogP contribution in [0.2, 0.25) is 0 Å². The fourth-order valence-corrected chi connectivity index (χ4v) is 4.21. The summed E-state index contributed by atoms with van der Waals surface area (Å²) in [5.74, 6) is -0.139. The van der Waals surface area contributed by atoms with Gasteiger partial charge in [-0.05, 0) is 62.1 Å². The predicted molar refractivity (Wildman–Crippen MR) is 112 cm³/mol. The molecule has 32 heavy (non-hydrogen) atoms. The predicted octanol–water partition coefficient (Wildman–Crippen LogP) is 4.22. The van der Waals surface area contributed by atoms with E-state index in [1.807, 2.05) is 19.1 Å². The second kappa shape index (κ2) is 6.98. The average Bonchev–Trinajstić information content (AvgIpc) is 3.46. The number of aromatic nitrogens is 2. The number of benzene rings is 1. The number of nitrogens with one attached hydrogen (secondary N) is 1. The summed E-state index contributed by atoms with van der Waals surface area (Å²) in [7, 11) is 0. The van der Waals surface area contributed by atoms with E-state index in [1.165, 1.54) is 18.2 Å². The summed E-state index contributed by atoms with van der Waals surface area (Å²) in [6.07, 6.45) is -2.33. The third-order valence-corrected chi connectivity index (χ3v) is 5.99. The molecule has 164 valence electrons. The molecule has 1 fully saturated rings. The minimum Gasteiger partial charge on any atom is -0.395 e. The third kappa shape index (κ3) is 3.55. The zero-order valence-corrected chi connectivity index (χ0v) is 17.5. The topological polar surface area (TPSA) is 81.3 Å². The Hall–Kier alpha value is -3.55. The van der Waals surface area contributed by atoms with Crippen LogP contribution in [0.5, 0.6) is 11.5 Å². The Morgan fingerprint density at radius 3 is 2.53 bits per heavy atom. The number of hydrogen-bond acceptors (Lipinski definition) is 5. The number of hydrogen-bond donors (Lipinski definition) is 1. The molecule has 6 nitrogen and oxygen atoms in total. The van der Waals surface area contributed by atoms with Crippen LogP contribution < -0.4 is 15.0 Å². The summed E-state index contributed by atoms with van der Waals surface area (Å²) in [6, 6.07) is 11.5. The Kier molecular flexibility index (Phi) is 4.44. The molecule has 1 aliphatic heterocycles. The maximum Gasteiger partial charge on any atom is 0.586 e. The molecule has 5 rings (SSSR count). The molecule has 0 saturated heterocycles. The normalized spacial score (nSPS) is 17.2. The summed E-state index contributed by atoms with van der Waals surface area (Å²) in [6.45, 7) is 3.70. The molecule has 3 heterocycles. The van der Waals surface area contributed by atoms with E-state index in [4.69, 9.17) is 0 Å². The number of rotatable bonds is 5. The molecule has 1 saturated carbocycles. The fourth-order valence-electron chi connectivity index (χ4n) is 4.21. The SMILES string of the molecule is Cc1cc(-c2nc(CC(=O)C3(c4ccc5c(c4)OC(F)(F)O5)CC3)ccc2C)cc(=O)[nH]1. The number of H-pyrrole nitrogens is 1. The highest BCUT2D eigenvalue weighted by Crippen LogP contribution is 2.52. The van der Waals surface area contributed by atoms with E-state index in [9.17, 15) is 18.4 Å². The second-order valence-corrected chi connectivity index (χ2v) is 8.40. The zero-order valence-electron chi connectivity index (χ0n) is 17.5. The molecular weight excluding hydrogens is 418 g/mol. The molecule has 0 atom stereocenters. The number of Topliss-reactive ketones (excluding diaryl/α,β-unsaturated/α-hetero) is 1. The zero-order chi connectivity index (χ0) is 22.7. The number of pyridine rings is 2. The van der Waals surface area contributed by atoms with E-state index < -0.39 is 11.7 Å². The van der Waals surface area contributed by atoms with Gasteiger partial charge in [0.25, 0.3) is 0 Å².